The number of piperazine rings is 1. The summed E-state index contributed by atoms with van der Waals surface area (Å²) in [5.41, 5.74) is 1.62. The van der Waals surface area contributed by atoms with Gasteiger partial charge in [-0.25, -0.2) is 4.79 Å². The highest BCUT2D eigenvalue weighted by atomic mass is 35.5. The van der Waals surface area contributed by atoms with Crippen LogP contribution < -0.4 is 5.32 Å². The van der Waals surface area contributed by atoms with E-state index >= 15 is 0 Å². The number of hydrogen-bond acceptors (Lipinski definition) is 2. The molecule has 0 radical (unpaired) electrons. The molecule has 1 heterocycles. The quantitative estimate of drug-likeness (QED) is 0.679. The third-order valence-corrected chi connectivity index (χ3v) is 5.80. The number of rotatable bonds is 3. The van der Waals surface area contributed by atoms with E-state index in [0.717, 1.165) is 25.2 Å². The summed E-state index contributed by atoms with van der Waals surface area (Å²) in [5.74, 6) is 0. The number of carbonyl (C=O) groups is 1. The van der Waals surface area contributed by atoms with Gasteiger partial charge in [0.25, 0.3) is 0 Å². The second-order valence-corrected chi connectivity index (χ2v) is 7.64. The van der Waals surface area contributed by atoms with Gasteiger partial charge in [-0.1, -0.05) is 58.5 Å². The van der Waals surface area contributed by atoms with Gasteiger partial charge in [0.05, 0.1) is 25.8 Å². The molecule has 4 nitrogen and oxygen atoms in total. The van der Waals surface area contributed by atoms with Crippen molar-refractivity contribution in [3.05, 3.63) is 62.1 Å². The van der Waals surface area contributed by atoms with E-state index in [1.54, 1.807) is 29.2 Å². The minimum Gasteiger partial charge on any atom is -0.322 e. The summed E-state index contributed by atoms with van der Waals surface area (Å²) in [5, 5.41) is 4.69. The number of nitrogens with one attached hydrogen (secondary N) is 1. The third kappa shape index (κ3) is 4.76. The van der Waals surface area contributed by atoms with Crippen molar-refractivity contribution >= 4 is 58.1 Å². The predicted octanol–water partition coefficient (Wildman–Crippen LogP) is 5.65. The zero-order valence-electron chi connectivity index (χ0n) is 13.8. The van der Waals surface area contributed by atoms with Crippen LogP contribution in [0.4, 0.5) is 10.5 Å². The number of anilines is 1. The van der Waals surface area contributed by atoms with Crippen molar-refractivity contribution in [1.82, 2.24) is 9.80 Å². The second kappa shape index (κ2) is 8.68. The molecule has 0 unspecified atom stereocenters. The fourth-order valence-corrected chi connectivity index (χ4v) is 3.47. The first kappa shape index (κ1) is 19.6. The molecule has 8 heteroatoms. The van der Waals surface area contributed by atoms with Crippen LogP contribution in [0.25, 0.3) is 0 Å². The lowest BCUT2D eigenvalue weighted by molar-refractivity contribution is 0.143. The minimum absolute atomic E-state index is 0.177. The first-order chi connectivity index (χ1) is 12.4. The molecule has 0 aliphatic carbocycles. The van der Waals surface area contributed by atoms with E-state index in [1.165, 1.54) is 0 Å². The van der Waals surface area contributed by atoms with Gasteiger partial charge < -0.3 is 10.2 Å². The number of urea groups is 1. The van der Waals surface area contributed by atoms with Crippen molar-refractivity contribution in [2.75, 3.05) is 31.5 Å². The monoisotopic (exact) mass is 431 g/mol. The van der Waals surface area contributed by atoms with Gasteiger partial charge in [-0.2, -0.15) is 0 Å². The molecule has 1 fully saturated rings. The molecule has 1 aliphatic heterocycles. The van der Waals surface area contributed by atoms with Crippen LogP contribution in [-0.2, 0) is 6.54 Å². The highest BCUT2D eigenvalue weighted by Crippen LogP contribution is 2.29. The van der Waals surface area contributed by atoms with Crippen LogP contribution in [0.5, 0.6) is 0 Å². The fourth-order valence-electron chi connectivity index (χ4n) is 2.80. The molecule has 0 atom stereocenters. The summed E-state index contributed by atoms with van der Waals surface area (Å²) in [6.07, 6.45) is 0. The van der Waals surface area contributed by atoms with E-state index in [1.807, 2.05) is 12.1 Å². The zero-order chi connectivity index (χ0) is 18.7. The third-order valence-electron chi connectivity index (χ3n) is 4.24. The van der Waals surface area contributed by atoms with Gasteiger partial charge in [0.2, 0.25) is 0 Å². The first-order valence-electron chi connectivity index (χ1n) is 8.10. The molecule has 0 bridgehead atoms. The second-order valence-electron chi connectivity index (χ2n) is 6.04. The maximum Gasteiger partial charge on any atom is 0.321 e. The number of amides is 2. The molecule has 2 amide bonds. The van der Waals surface area contributed by atoms with E-state index in [9.17, 15) is 4.79 Å². The Balaban J connectivity index is 1.53. The molecule has 2 aromatic rings. The maximum atomic E-state index is 12.4. The fraction of sp³-hybridized carbons (Fsp3) is 0.278. The summed E-state index contributed by atoms with van der Waals surface area (Å²) < 4.78 is 0. The van der Waals surface area contributed by atoms with Gasteiger partial charge in [-0.3, -0.25) is 4.90 Å². The topological polar surface area (TPSA) is 35.6 Å². The van der Waals surface area contributed by atoms with Crippen LogP contribution in [0.3, 0.4) is 0 Å². The molecule has 2 aromatic carbocycles. The largest absolute Gasteiger partial charge is 0.322 e. The van der Waals surface area contributed by atoms with Gasteiger partial charge in [-0.15, -0.1) is 0 Å². The molecule has 1 aliphatic rings. The highest BCUT2D eigenvalue weighted by molar-refractivity contribution is 6.44. The molecular formula is C18H17Cl4N3O. The van der Waals surface area contributed by atoms with Gasteiger partial charge >= 0.3 is 6.03 Å². The Hall–Kier alpha value is -1.17. The van der Waals surface area contributed by atoms with Crippen LogP contribution in [0.2, 0.25) is 20.1 Å². The zero-order valence-corrected chi connectivity index (χ0v) is 16.8. The Morgan fingerprint density at radius 2 is 1.65 bits per heavy atom. The van der Waals surface area contributed by atoms with Crippen molar-refractivity contribution < 1.29 is 4.79 Å². The number of benzene rings is 2. The highest BCUT2D eigenvalue weighted by Gasteiger charge is 2.22. The Kier molecular flexibility index (Phi) is 6.54. The molecule has 0 spiro atoms. The Morgan fingerprint density at radius 1 is 0.923 bits per heavy atom. The van der Waals surface area contributed by atoms with Crippen LogP contribution in [0, 0.1) is 0 Å². The number of halogens is 4. The molecule has 3 rings (SSSR count). The molecular weight excluding hydrogens is 416 g/mol. The molecule has 0 saturated carbocycles. The molecule has 1 saturated heterocycles. The van der Waals surface area contributed by atoms with Crippen molar-refractivity contribution in [3.63, 3.8) is 0 Å². The normalized spacial score (nSPS) is 15.2. The van der Waals surface area contributed by atoms with Crippen LogP contribution in [0.1, 0.15) is 5.56 Å². The summed E-state index contributed by atoms with van der Waals surface area (Å²) >= 11 is 24.1. The van der Waals surface area contributed by atoms with Crippen molar-refractivity contribution in [1.29, 1.82) is 0 Å². The number of nitrogens with zero attached hydrogens (tertiary/aromatic N) is 2. The van der Waals surface area contributed by atoms with Crippen LogP contribution >= 0.6 is 46.4 Å². The molecule has 26 heavy (non-hydrogen) atoms. The Labute approximate surface area is 172 Å². The van der Waals surface area contributed by atoms with Gasteiger partial charge in [0.1, 0.15) is 0 Å². The summed E-state index contributed by atoms with van der Waals surface area (Å²) in [7, 11) is 0. The smallest absolute Gasteiger partial charge is 0.321 e. The van der Waals surface area contributed by atoms with Gasteiger partial charge in [0, 0.05) is 32.7 Å². The van der Waals surface area contributed by atoms with E-state index < -0.39 is 0 Å². The lowest BCUT2D eigenvalue weighted by atomic mass is 10.2. The Morgan fingerprint density at radius 3 is 2.35 bits per heavy atom. The maximum absolute atomic E-state index is 12.4. The van der Waals surface area contributed by atoms with Crippen molar-refractivity contribution in [2.24, 2.45) is 0 Å². The van der Waals surface area contributed by atoms with Crippen LogP contribution in [-0.4, -0.2) is 42.0 Å². The molecule has 1 N–H and O–H groups in total. The summed E-state index contributed by atoms with van der Waals surface area (Å²) in [4.78, 5) is 16.5. The van der Waals surface area contributed by atoms with Gasteiger partial charge in [0.15, 0.2) is 0 Å². The van der Waals surface area contributed by atoms with E-state index in [4.69, 9.17) is 46.4 Å². The van der Waals surface area contributed by atoms with Crippen molar-refractivity contribution in [2.45, 2.75) is 6.54 Å². The Bertz CT molecular complexity index is 807. The number of carbonyl (C=O) groups excluding carboxylic acids is 1. The minimum atomic E-state index is -0.177. The summed E-state index contributed by atoms with van der Waals surface area (Å²) in [6.45, 7) is 3.58. The molecule has 138 valence electrons. The van der Waals surface area contributed by atoms with E-state index in [0.29, 0.717) is 38.9 Å². The first-order valence-corrected chi connectivity index (χ1v) is 9.61. The predicted molar refractivity (Wildman–Crippen MR) is 109 cm³/mol. The van der Waals surface area contributed by atoms with Crippen molar-refractivity contribution in [3.8, 4) is 0 Å². The van der Waals surface area contributed by atoms with Crippen LogP contribution in [0.15, 0.2) is 36.4 Å². The average Bonchev–Trinajstić information content (AvgIpc) is 2.63. The molecule has 0 aromatic heterocycles. The van der Waals surface area contributed by atoms with E-state index in [2.05, 4.69) is 10.2 Å². The van der Waals surface area contributed by atoms with Gasteiger partial charge in [-0.05, 0) is 29.8 Å². The lowest BCUT2D eigenvalue weighted by Crippen LogP contribution is -2.49. The van der Waals surface area contributed by atoms with E-state index in [-0.39, 0.29) is 6.03 Å². The number of hydrogen-bond donors (Lipinski definition) is 1. The SMILES string of the molecule is O=C(Nc1cccc(Cl)c1Cl)N1CCN(Cc2ccc(Cl)c(Cl)c2)CC1. The standard InChI is InChI=1S/C18H17Cl4N3O/c19-13-5-4-12(10-15(13)21)11-24-6-8-25(9-7-24)18(26)23-16-3-1-2-14(20)17(16)22/h1-5,10H,6-9,11H2,(H,23,26). The average molecular weight is 433 g/mol. The lowest BCUT2D eigenvalue weighted by Gasteiger charge is -2.34. The summed E-state index contributed by atoms with van der Waals surface area (Å²) in [6, 6.07) is 10.6.